The highest BCUT2D eigenvalue weighted by molar-refractivity contribution is 6.07. The van der Waals surface area contributed by atoms with Crippen LogP contribution in [0.2, 0.25) is 0 Å². The molecule has 0 aliphatic heterocycles. The number of para-hydroxylation sites is 1. The molecule has 2 aliphatic rings. The van der Waals surface area contributed by atoms with Crippen LogP contribution in [0.25, 0.3) is 10.9 Å². The molecule has 0 N–H and O–H groups in total. The van der Waals surface area contributed by atoms with Crippen LogP contribution in [-0.2, 0) is 7.05 Å². The zero-order valence-corrected chi connectivity index (χ0v) is 15.8. The van der Waals surface area contributed by atoms with Gasteiger partial charge in [0, 0.05) is 43.3 Å². The minimum absolute atomic E-state index is 0.172. The fraction of sp³-hybridized carbons (Fsp3) is 0.571. The van der Waals surface area contributed by atoms with Crippen LogP contribution >= 0.6 is 0 Å². The highest BCUT2D eigenvalue weighted by atomic mass is 16.2. The van der Waals surface area contributed by atoms with E-state index in [1.807, 2.05) is 37.3 Å². The Bertz CT molecular complexity index is 780. The quantitative estimate of drug-likeness (QED) is 0.858. The van der Waals surface area contributed by atoms with Gasteiger partial charge < -0.3 is 14.4 Å². The molecule has 2 aliphatic carbocycles. The van der Waals surface area contributed by atoms with Gasteiger partial charge in [-0.3, -0.25) is 4.79 Å². The molecule has 4 heteroatoms. The minimum atomic E-state index is 0.172. The largest absolute Gasteiger partial charge is 0.350 e. The van der Waals surface area contributed by atoms with Crippen molar-refractivity contribution in [1.29, 1.82) is 0 Å². The molecule has 0 bridgehead atoms. The number of aryl methyl sites for hydroxylation is 1. The van der Waals surface area contributed by atoms with E-state index in [0.29, 0.717) is 6.04 Å². The molecular weight excluding hydrogens is 310 g/mol. The molecule has 1 amide bonds. The molecule has 134 valence electrons. The fourth-order valence-corrected chi connectivity index (χ4v) is 5.16. The lowest BCUT2D eigenvalue weighted by molar-refractivity contribution is 0.0728. The van der Waals surface area contributed by atoms with Crippen LogP contribution < -0.4 is 0 Å². The standard InChI is InChI=1S/C21H29N3O/c1-22(2)16-9-14-11-17(12-15(14)10-16)24(4)21(25)19-13-23(3)20-8-6-5-7-18(19)20/h5-8,13-17H,9-12H2,1-4H3/t14-,15+,16?,17?. The van der Waals surface area contributed by atoms with Gasteiger partial charge in [-0.2, -0.15) is 0 Å². The number of carbonyl (C=O) groups excluding carboxylic acids is 1. The Morgan fingerprint density at radius 2 is 1.60 bits per heavy atom. The molecule has 2 saturated carbocycles. The Morgan fingerprint density at radius 1 is 1.00 bits per heavy atom. The Kier molecular flexibility index (Phi) is 4.11. The average molecular weight is 339 g/mol. The van der Waals surface area contributed by atoms with E-state index in [2.05, 4.69) is 35.7 Å². The topological polar surface area (TPSA) is 28.5 Å². The van der Waals surface area contributed by atoms with Crippen molar-refractivity contribution in [3.05, 3.63) is 36.0 Å². The monoisotopic (exact) mass is 339 g/mol. The van der Waals surface area contributed by atoms with Crippen LogP contribution in [0.4, 0.5) is 0 Å². The lowest BCUT2D eigenvalue weighted by atomic mass is 10.0. The summed E-state index contributed by atoms with van der Waals surface area (Å²) >= 11 is 0. The number of aromatic nitrogens is 1. The van der Waals surface area contributed by atoms with Crippen LogP contribution in [0, 0.1) is 11.8 Å². The van der Waals surface area contributed by atoms with E-state index in [-0.39, 0.29) is 5.91 Å². The number of benzene rings is 1. The van der Waals surface area contributed by atoms with E-state index in [9.17, 15) is 4.79 Å². The normalized spacial score (nSPS) is 28.7. The van der Waals surface area contributed by atoms with Crippen LogP contribution in [0.15, 0.2) is 30.5 Å². The predicted molar refractivity (Wildman–Crippen MR) is 102 cm³/mol. The van der Waals surface area contributed by atoms with Gasteiger partial charge in [0.1, 0.15) is 0 Å². The Labute approximate surface area is 150 Å². The van der Waals surface area contributed by atoms with Gasteiger partial charge in [0.2, 0.25) is 0 Å². The fourth-order valence-electron chi connectivity index (χ4n) is 5.16. The number of carbonyl (C=O) groups is 1. The molecule has 4 atom stereocenters. The number of hydrogen-bond acceptors (Lipinski definition) is 2. The van der Waals surface area contributed by atoms with E-state index in [4.69, 9.17) is 0 Å². The average Bonchev–Trinajstić information content (AvgIpc) is 3.25. The third-order valence-electron chi connectivity index (χ3n) is 6.69. The van der Waals surface area contributed by atoms with Gasteiger partial charge in [-0.25, -0.2) is 0 Å². The smallest absolute Gasteiger partial charge is 0.256 e. The highest BCUT2D eigenvalue weighted by Gasteiger charge is 2.44. The summed E-state index contributed by atoms with van der Waals surface area (Å²) in [6, 6.07) is 9.30. The molecule has 2 fully saturated rings. The molecule has 0 radical (unpaired) electrons. The van der Waals surface area contributed by atoms with Crippen molar-refractivity contribution in [2.24, 2.45) is 18.9 Å². The molecule has 4 rings (SSSR count). The van der Waals surface area contributed by atoms with E-state index in [0.717, 1.165) is 34.3 Å². The first-order valence-corrected chi connectivity index (χ1v) is 9.43. The van der Waals surface area contributed by atoms with Crippen molar-refractivity contribution < 1.29 is 4.79 Å². The lowest BCUT2D eigenvalue weighted by Crippen LogP contribution is -2.36. The van der Waals surface area contributed by atoms with Gasteiger partial charge in [0.15, 0.2) is 0 Å². The second kappa shape index (κ2) is 6.17. The van der Waals surface area contributed by atoms with Crippen molar-refractivity contribution in [3.63, 3.8) is 0 Å². The van der Waals surface area contributed by atoms with E-state index < -0.39 is 0 Å². The molecule has 1 aromatic heterocycles. The van der Waals surface area contributed by atoms with Crippen molar-refractivity contribution in [1.82, 2.24) is 14.4 Å². The van der Waals surface area contributed by atoms with Gasteiger partial charge in [0.05, 0.1) is 5.56 Å². The summed E-state index contributed by atoms with van der Waals surface area (Å²) in [5.41, 5.74) is 1.96. The molecule has 2 unspecified atom stereocenters. The maximum Gasteiger partial charge on any atom is 0.256 e. The van der Waals surface area contributed by atoms with Crippen molar-refractivity contribution in [3.8, 4) is 0 Å². The first kappa shape index (κ1) is 16.6. The van der Waals surface area contributed by atoms with Gasteiger partial charge in [-0.15, -0.1) is 0 Å². The third-order valence-corrected chi connectivity index (χ3v) is 6.69. The van der Waals surface area contributed by atoms with E-state index >= 15 is 0 Å². The second-order valence-corrected chi connectivity index (χ2v) is 8.32. The Balaban J connectivity index is 1.50. The van der Waals surface area contributed by atoms with Gasteiger partial charge in [0.25, 0.3) is 5.91 Å². The minimum Gasteiger partial charge on any atom is -0.350 e. The van der Waals surface area contributed by atoms with Crippen molar-refractivity contribution in [2.45, 2.75) is 37.8 Å². The third kappa shape index (κ3) is 2.77. The second-order valence-electron chi connectivity index (χ2n) is 8.32. The zero-order valence-electron chi connectivity index (χ0n) is 15.8. The van der Waals surface area contributed by atoms with Crippen molar-refractivity contribution in [2.75, 3.05) is 21.1 Å². The van der Waals surface area contributed by atoms with Crippen LogP contribution in [0.1, 0.15) is 36.0 Å². The molecule has 1 heterocycles. The Hall–Kier alpha value is -1.81. The summed E-state index contributed by atoms with van der Waals surface area (Å²) in [6.45, 7) is 0. The maximum atomic E-state index is 13.2. The molecule has 1 aromatic carbocycles. The molecular formula is C21H29N3O. The number of nitrogens with zero attached hydrogens (tertiary/aromatic N) is 3. The van der Waals surface area contributed by atoms with Crippen LogP contribution in [0.5, 0.6) is 0 Å². The molecule has 4 nitrogen and oxygen atoms in total. The Morgan fingerprint density at radius 3 is 2.24 bits per heavy atom. The summed E-state index contributed by atoms with van der Waals surface area (Å²) in [5.74, 6) is 1.76. The number of hydrogen-bond donors (Lipinski definition) is 0. The van der Waals surface area contributed by atoms with Crippen LogP contribution in [-0.4, -0.2) is 53.5 Å². The number of rotatable bonds is 3. The summed E-state index contributed by atoms with van der Waals surface area (Å²) < 4.78 is 2.06. The van der Waals surface area contributed by atoms with Gasteiger partial charge >= 0.3 is 0 Å². The highest BCUT2D eigenvalue weighted by Crippen LogP contribution is 2.46. The summed E-state index contributed by atoms with van der Waals surface area (Å²) in [4.78, 5) is 17.5. The van der Waals surface area contributed by atoms with Gasteiger partial charge in [-0.1, -0.05) is 18.2 Å². The summed E-state index contributed by atoms with van der Waals surface area (Å²) in [6.07, 6.45) is 6.92. The van der Waals surface area contributed by atoms with Crippen molar-refractivity contribution >= 4 is 16.8 Å². The van der Waals surface area contributed by atoms with E-state index in [1.54, 1.807) is 0 Å². The molecule has 0 saturated heterocycles. The van der Waals surface area contributed by atoms with Crippen LogP contribution in [0.3, 0.4) is 0 Å². The van der Waals surface area contributed by atoms with E-state index in [1.165, 1.54) is 25.7 Å². The van der Waals surface area contributed by atoms with Gasteiger partial charge in [-0.05, 0) is 57.7 Å². The predicted octanol–water partition coefficient (Wildman–Crippen LogP) is 3.37. The number of fused-ring (bicyclic) bond motifs is 2. The first-order chi connectivity index (χ1) is 12.0. The first-order valence-electron chi connectivity index (χ1n) is 9.43. The zero-order chi connectivity index (χ0) is 17.7. The SMILES string of the molecule is CN(C)C1C[C@@H]2CC(N(C)C(=O)c3cn(C)c4ccccc34)C[C@@H]2C1. The molecule has 0 spiro atoms. The molecule has 2 aromatic rings. The number of amides is 1. The lowest BCUT2D eigenvalue weighted by Gasteiger charge is -2.27. The molecule has 25 heavy (non-hydrogen) atoms. The summed E-state index contributed by atoms with van der Waals surface area (Å²) in [5, 5.41) is 1.06. The summed E-state index contributed by atoms with van der Waals surface area (Å²) in [7, 11) is 8.40. The maximum absolute atomic E-state index is 13.2.